The molecule has 1 amide bonds. The molecule has 0 spiro atoms. The minimum atomic E-state index is -0.305. The van der Waals surface area contributed by atoms with E-state index in [2.05, 4.69) is 5.32 Å². The first-order chi connectivity index (χ1) is 11.6. The lowest BCUT2D eigenvalue weighted by Crippen LogP contribution is -2.12. The Morgan fingerprint density at radius 3 is 2.67 bits per heavy atom. The first-order valence-electron chi connectivity index (χ1n) is 7.53. The number of hydrogen-bond donors (Lipinski definition) is 1. The van der Waals surface area contributed by atoms with Crippen molar-refractivity contribution in [2.24, 2.45) is 0 Å². The number of anilines is 1. The molecule has 0 saturated heterocycles. The van der Waals surface area contributed by atoms with Gasteiger partial charge in [-0.25, -0.2) is 0 Å². The molecule has 3 aromatic rings. The molecule has 0 bridgehead atoms. The van der Waals surface area contributed by atoms with Crippen LogP contribution in [0.3, 0.4) is 0 Å². The molecule has 1 N–H and O–H groups in total. The van der Waals surface area contributed by atoms with E-state index in [1.165, 1.54) is 0 Å². The Balaban J connectivity index is 1.85. The molecule has 24 heavy (non-hydrogen) atoms. The van der Waals surface area contributed by atoms with Crippen molar-refractivity contribution in [3.05, 3.63) is 76.0 Å². The molecule has 1 heterocycles. The molecule has 0 aliphatic carbocycles. The molecule has 3 rings (SSSR count). The van der Waals surface area contributed by atoms with Crippen LogP contribution in [0.2, 0.25) is 10.0 Å². The van der Waals surface area contributed by atoms with Gasteiger partial charge < -0.3 is 9.73 Å². The van der Waals surface area contributed by atoms with Crippen LogP contribution >= 0.6 is 23.2 Å². The predicted molar refractivity (Wildman–Crippen MR) is 97.9 cm³/mol. The Morgan fingerprint density at radius 1 is 1.08 bits per heavy atom. The van der Waals surface area contributed by atoms with E-state index in [0.717, 1.165) is 17.7 Å². The first kappa shape index (κ1) is 16.6. The summed E-state index contributed by atoms with van der Waals surface area (Å²) in [4.78, 5) is 12.4. The molecule has 5 heteroatoms. The number of para-hydroxylation sites is 1. The summed E-state index contributed by atoms with van der Waals surface area (Å²) in [6.45, 7) is 2.04. The van der Waals surface area contributed by atoms with Crippen LogP contribution in [0, 0.1) is 0 Å². The molecule has 0 atom stereocenters. The Hall–Kier alpha value is -2.23. The quantitative estimate of drug-likeness (QED) is 0.614. The van der Waals surface area contributed by atoms with Gasteiger partial charge >= 0.3 is 0 Å². The number of furan rings is 1. The monoisotopic (exact) mass is 359 g/mol. The van der Waals surface area contributed by atoms with Gasteiger partial charge in [-0.3, -0.25) is 4.79 Å². The number of hydrogen-bond acceptors (Lipinski definition) is 2. The second-order valence-electron chi connectivity index (χ2n) is 5.25. The third-order valence-electron chi connectivity index (χ3n) is 3.67. The molecule has 0 radical (unpaired) electrons. The van der Waals surface area contributed by atoms with Gasteiger partial charge in [0.2, 0.25) is 0 Å². The first-order valence-corrected chi connectivity index (χ1v) is 8.28. The van der Waals surface area contributed by atoms with Crippen molar-refractivity contribution in [3.63, 3.8) is 0 Å². The van der Waals surface area contributed by atoms with Crippen LogP contribution in [0.5, 0.6) is 0 Å². The highest BCUT2D eigenvalue weighted by molar-refractivity contribution is 6.35. The zero-order valence-electron chi connectivity index (χ0n) is 13.0. The van der Waals surface area contributed by atoms with Gasteiger partial charge in [0.1, 0.15) is 5.76 Å². The van der Waals surface area contributed by atoms with Crippen molar-refractivity contribution in [3.8, 4) is 11.3 Å². The number of halogens is 2. The van der Waals surface area contributed by atoms with Crippen LogP contribution in [-0.4, -0.2) is 5.91 Å². The Kier molecular flexibility index (Phi) is 4.93. The fourth-order valence-corrected chi connectivity index (χ4v) is 2.81. The summed E-state index contributed by atoms with van der Waals surface area (Å²) in [7, 11) is 0. The number of carbonyl (C=O) groups is 1. The van der Waals surface area contributed by atoms with E-state index in [4.69, 9.17) is 27.6 Å². The average molecular weight is 360 g/mol. The van der Waals surface area contributed by atoms with Crippen molar-refractivity contribution in [1.29, 1.82) is 0 Å². The van der Waals surface area contributed by atoms with Crippen molar-refractivity contribution >= 4 is 34.8 Å². The zero-order valence-corrected chi connectivity index (χ0v) is 14.5. The number of benzene rings is 2. The summed E-state index contributed by atoms with van der Waals surface area (Å²) < 4.78 is 5.66. The lowest BCUT2D eigenvalue weighted by atomic mass is 10.1. The molecule has 122 valence electrons. The maximum atomic E-state index is 12.4. The third-order valence-corrected chi connectivity index (χ3v) is 4.23. The number of rotatable bonds is 4. The standard InChI is InChI=1S/C19H15Cl2NO2/c1-2-12-5-3-4-6-16(12)22-19(23)18-10-9-17(24-18)14-11-13(20)7-8-15(14)21/h3-11H,2H2,1H3,(H,22,23). The maximum absolute atomic E-state index is 12.4. The minimum absolute atomic E-state index is 0.215. The molecule has 0 saturated carbocycles. The summed E-state index contributed by atoms with van der Waals surface area (Å²) in [5.74, 6) is 0.406. The van der Waals surface area contributed by atoms with E-state index in [1.54, 1.807) is 30.3 Å². The lowest BCUT2D eigenvalue weighted by molar-refractivity contribution is 0.0997. The minimum Gasteiger partial charge on any atom is -0.451 e. The van der Waals surface area contributed by atoms with Gasteiger partial charge in [-0.05, 0) is 48.4 Å². The molecule has 2 aromatic carbocycles. The summed E-state index contributed by atoms with van der Waals surface area (Å²) >= 11 is 12.2. The topological polar surface area (TPSA) is 42.2 Å². The van der Waals surface area contributed by atoms with Crippen LogP contribution in [0.15, 0.2) is 59.0 Å². The van der Waals surface area contributed by atoms with Gasteiger partial charge in [0.05, 0.1) is 5.02 Å². The van der Waals surface area contributed by atoms with Gasteiger partial charge in [0.25, 0.3) is 5.91 Å². The molecule has 0 fully saturated rings. The maximum Gasteiger partial charge on any atom is 0.291 e. The molecular weight excluding hydrogens is 345 g/mol. The number of carbonyl (C=O) groups excluding carboxylic acids is 1. The van der Waals surface area contributed by atoms with Gasteiger partial charge in [-0.2, -0.15) is 0 Å². The summed E-state index contributed by atoms with van der Waals surface area (Å²) in [5, 5.41) is 3.94. The Bertz CT molecular complexity index is 887. The Labute approximate surface area is 150 Å². The third kappa shape index (κ3) is 3.48. The lowest BCUT2D eigenvalue weighted by Gasteiger charge is -2.08. The average Bonchev–Trinajstić information content (AvgIpc) is 3.07. The normalized spacial score (nSPS) is 10.6. The van der Waals surface area contributed by atoms with E-state index < -0.39 is 0 Å². The van der Waals surface area contributed by atoms with Crippen LogP contribution in [-0.2, 0) is 6.42 Å². The van der Waals surface area contributed by atoms with E-state index in [-0.39, 0.29) is 11.7 Å². The number of amides is 1. The summed E-state index contributed by atoms with van der Waals surface area (Å²) in [6.07, 6.45) is 0.831. The highest BCUT2D eigenvalue weighted by Crippen LogP contribution is 2.32. The van der Waals surface area contributed by atoms with Crippen LogP contribution in [0.25, 0.3) is 11.3 Å². The second-order valence-corrected chi connectivity index (χ2v) is 6.10. The smallest absolute Gasteiger partial charge is 0.291 e. The summed E-state index contributed by atoms with van der Waals surface area (Å²) in [6, 6.07) is 16.1. The molecule has 0 aliphatic rings. The number of nitrogens with one attached hydrogen (secondary N) is 1. The number of aryl methyl sites for hydroxylation is 1. The highest BCUT2D eigenvalue weighted by Gasteiger charge is 2.15. The van der Waals surface area contributed by atoms with Crippen molar-refractivity contribution in [2.75, 3.05) is 5.32 Å². The summed E-state index contributed by atoms with van der Waals surface area (Å²) in [5.41, 5.74) is 2.50. The largest absolute Gasteiger partial charge is 0.451 e. The zero-order chi connectivity index (χ0) is 17.1. The fourth-order valence-electron chi connectivity index (χ4n) is 2.43. The van der Waals surface area contributed by atoms with E-state index in [9.17, 15) is 4.79 Å². The Morgan fingerprint density at radius 2 is 1.88 bits per heavy atom. The van der Waals surface area contributed by atoms with E-state index in [0.29, 0.717) is 21.4 Å². The molecule has 3 nitrogen and oxygen atoms in total. The van der Waals surface area contributed by atoms with Crippen molar-refractivity contribution in [2.45, 2.75) is 13.3 Å². The van der Waals surface area contributed by atoms with Gasteiger partial charge in [-0.1, -0.05) is 48.3 Å². The van der Waals surface area contributed by atoms with E-state index >= 15 is 0 Å². The molecule has 1 aromatic heterocycles. The van der Waals surface area contributed by atoms with Crippen molar-refractivity contribution < 1.29 is 9.21 Å². The van der Waals surface area contributed by atoms with Gasteiger partial charge in [0.15, 0.2) is 5.76 Å². The van der Waals surface area contributed by atoms with Crippen LogP contribution < -0.4 is 5.32 Å². The van der Waals surface area contributed by atoms with Crippen LogP contribution in [0.1, 0.15) is 23.0 Å². The molecule has 0 unspecified atom stereocenters. The van der Waals surface area contributed by atoms with Crippen molar-refractivity contribution in [1.82, 2.24) is 0 Å². The van der Waals surface area contributed by atoms with Crippen LogP contribution in [0.4, 0.5) is 5.69 Å². The SMILES string of the molecule is CCc1ccccc1NC(=O)c1ccc(-c2cc(Cl)ccc2Cl)o1. The fraction of sp³-hybridized carbons (Fsp3) is 0.105. The highest BCUT2D eigenvalue weighted by atomic mass is 35.5. The predicted octanol–water partition coefficient (Wildman–Crippen LogP) is 6.07. The second kappa shape index (κ2) is 7.12. The molecule has 0 aliphatic heterocycles. The molecular formula is C19H15Cl2NO2. The van der Waals surface area contributed by atoms with Gasteiger partial charge in [-0.15, -0.1) is 0 Å². The van der Waals surface area contributed by atoms with Gasteiger partial charge in [0, 0.05) is 16.3 Å². The van der Waals surface area contributed by atoms with E-state index in [1.807, 2.05) is 31.2 Å².